The summed E-state index contributed by atoms with van der Waals surface area (Å²) in [6.07, 6.45) is 1.76. The van der Waals surface area contributed by atoms with Crippen molar-refractivity contribution in [2.45, 2.75) is 39.2 Å². The third kappa shape index (κ3) is 2.61. The number of nitro benzene ring substituents is 1. The summed E-state index contributed by atoms with van der Waals surface area (Å²) in [5.41, 5.74) is 1.01. The molecule has 1 aromatic carbocycles. The number of carbonyl (C=O) groups excluding carboxylic acids is 2. The second-order valence-corrected chi connectivity index (χ2v) is 7.01. The molecule has 1 saturated heterocycles. The van der Waals surface area contributed by atoms with E-state index >= 15 is 0 Å². The van der Waals surface area contributed by atoms with Gasteiger partial charge in [-0.05, 0) is 33.3 Å². The maximum absolute atomic E-state index is 12.5. The van der Waals surface area contributed by atoms with E-state index in [4.69, 9.17) is 4.74 Å². The molecule has 26 heavy (non-hydrogen) atoms. The highest BCUT2D eigenvalue weighted by atomic mass is 16.6. The zero-order chi connectivity index (χ0) is 19.2. The standard InChI is InChI=1S/C18H21N3O5/c1-11-12(21(24)25)7-8-13-15(11)16(20-9-5-6-14(20)23)17(19(4)10-22)18(2,3)26-13/h7-8,10H,5-6,9H2,1-4H3. The van der Waals surface area contributed by atoms with Crippen LogP contribution in [0.3, 0.4) is 0 Å². The average molecular weight is 359 g/mol. The van der Waals surface area contributed by atoms with Gasteiger partial charge in [0.25, 0.3) is 5.69 Å². The van der Waals surface area contributed by atoms with E-state index in [1.54, 1.807) is 24.9 Å². The molecule has 0 aromatic heterocycles. The Morgan fingerprint density at radius 2 is 2.08 bits per heavy atom. The van der Waals surface area contributed by atoms with E-state index in [1.807, 2.05) is 13.8 Å². The van der Waals surface area contributed by atoms with Gasteiger partial charge in [0.2, 0.25) is 12.3 Å². The SMILES string of the molecule is Cc1c([N+](=O)[O-])ccc2c1C(N1CCCC1=O)=C(N(C)C=O)C(C)(C)O2. The number of likely N-dealkylation sites (tertiary alicyclic amines) is 1. The van der Waals surface area contributed by atoms with Gasteiger partial charge in [-0.25, -0.2) is 0 Å². The number of likely N-dealkylation sites (N-methyl/N-ethyl adjacent to an activating group) is 1. The van der Waals surface area contributed by atoms with Gasteiger partial charge in [0.15, 0.2) is 0 Å². The van der Waals surface area contributed by atoms with Crippen molar-refractivity contribution in [3.8, 4) is 5.75 Å². The molecule has 1 fully saturated rings. The van der Waals surface area contributed by atoms with Crippen molar-refractivity contribution in [1.82, 2.24) is 9.80 Å². The predicted octanol–water partition coefficient (Wildman–Crippen LogP) is 2.45. The van der Waals surface area contributed by atoms with Crippen LogP contribution in [0.4, 0.5) is 5.69 Å². The molecule has 0 bridgehead atoms. The van der Waals surface area contributed by atoms with Gasteiger partial charge in [0.1, 0.15) is 11.4 Å². The van der Waals surface area contributed by atoms with Crippen LogP contribution in [-0.2, 0) is 9.59 Å². The Morgan fingerprint density at radius 1 is 1.38 bits per heavy atom. The maximum atomic E-state index is 12.5. The first-order chi connectivity index (χ1) is 12.2. The fraction of sp³-hybridized carbons (Fsp3) is 0.444. The zero-order valence-corrected chi connectivity index (χ0v) is 15.2. The van der Waals surface area contributed by atoms with E-state index in [2.05, 4.69) is 0 Å². The lowest BCUT2D eigenvalue weighted by atomic mass is 9.90. The number of rotatable bonds is 4. The Bertz CT molecular complexity index is 843. The lowest BCUT2D eigenvalue weighted by Crippen LogP contribution is -2.44. The molecule has 2 heterocycles. The van der Waals surface area contributed by atoms with Gasteiger partial charge >= 0.3 is 0 Å². The largest absolute Gasteiger partial charge is 0.481 e. The van der Waals surface area contributed by atoms with Crippen LogP contribution in [-0.4, -0.2) is 46.2 Å². The van der Waals surface area contributed by atoms with E-state index in [9.17, 15) is 19.7 Å². The van der Waals surface area contributed by atoms with E-state index in [1.165, 1.54) is 11.0 Å². The van der Waals surface area contributed by atoms with Crippen molar-refractivity contribution in [1.29, 1.82) is 0 Å². The molecular formula is C18H21N3O5. The molecule has 0 radical (unpaired) electrons. The molecule has 0 saturated carbocycles. The van der Waals surface area contributed by atoms with E-state index in [-0.39, 0.29) is 11.6 Å². The normalized spacial score (nSPS) is 18.5. The summed E-state index contributed by atoms with van der Waals surface area (Å²) in [7, 11) is 1.59. The molecule has 0 aliphatic carbocycles. The Hall–Kier alpha value is -2.90. The highest BCUT2D eigenvalue weighted by molar-refractivity contribution is 5.93. The first-order valence-electron chi connectivity index (χ1n) is 8.39. The first kappa shape index (κ1) is 17.9. The number of amides is 2. The molecule has 0 N–H and O–H groups in total. The molecule has 0 atom stereocenters. The zero-order valence-electron chi connectivity index (χ0n) is 15.2. The number of nitro groups is 1. The van der Waals surface area contributed by atoms with E-state index < -0.39 is 10.5 Å². The van der Waals surface area contributed by atoms with Gasteiger partial charge in [-0.15, -0.1) is 0 Å². The Morgan fingerprint density at radius 3 is 2.62 bits per heavy atom. The molecular weight excluding hydrogens is 338 g/mol. The first-order valence-corrected chi connectivity index (χ1v) is 8.39. The smallest absolute Gasteiger partial charge is 0.273 e. The van der Waals surface area contributed by atoms with Crippen LogP contribution in [0.1, 0.15) is 37.8 Å². The van der Waals surface area contributed by atoms with Crippen LogP contribution >= 0.6 is 0 Å². The highest BCUT2D eigenvalue weighted by Gasteiger charge is 2.43. The lowest BCUT2D eigenvalue weighted by molar-refractivity contribution is -0.385. The molecule has 2 amide bonds. The number of benzene rings is 1. The number of hydrogen-bond donors (Lipinski definition) is 0. The van der Waals surface area contributed by atoms with Crippen LogP contribution < -0.4 is 4.74 Å². The molecule has 1 aromatic rings. The monoisotopic (exact) mass is 359 g/mol. The molecule has 2 aliphatic rings. The van der Waals surface area contributed by atoms with Gasteiger partial charge in [-0.3, -0.25) is 19.7 Å². The molecule has 0 unspecified atom stereocenters. The summed E-state index contributed by atoms with van der Waals surface area (Å²) in [6.45, 7) is 5.75. The second kappa shape index (κ2) is 6.12. The molecule has 138 valence electrons. The van der Waals surface area contributed by atoms with Gasteiger partial charge in [-0.2, -0.15) is 0 Å². The third-order valence-corrected chi connectivity index (χ3v) is 4.85. The van der Waals surface area contributed by atoms with E-state index in [0.717, 1.165) is 0 Å². The molecule has 3 rings (SSSR count). The van der Waals surface area contributed by atoms with Crippen molar-refractivity contribution in [2.24, 2.45) is 0 Å². The van der Waals surface area contributed by atoms with Gasteiger partial charge < -0.3 is 14.5 Å². The molecule has 8 heteroatoms. The lowest BCUT2D eigenvalue weighted by Gasteiger charge is -2.41. The molecule has 8 nitrogen and oxygen atoms in total. The van der Waals surface area contributed by atoms with Crippen molar-refractivity contribution < 1.29 is 19.2 Å². The summed E-state index contributed by atoms with van der Waals surface area (Å²) in [5, 5.41) is 11.4. The molecule has 2 aliphatic heterocycles. The average Bonchev–Trinajstić information content (AvgIpc) is 2.97. The number of hydrogen-bond acceptors (Lipinski definition) is 5. The van der Waals surface area contributed by atoms with Crippen LogP contribution in [0.5, 0.6) is 5.75 Å². The number of nitrogens with zero attached hydrogens (tertiary/aromatic N) is 3. The minimum atomic E-state index is -0.885. The maximum Gasteiger partial charge on any atom is 0.273 e. The summed E-state index contributed by atoms with van der Waals surface area (Å²) in [5.74, 6) is 0.405. The van der Waals surface area contributed by atoms with Crippen molar-refractivity contribution in [3.63, 3.8) is 0 Å². The van der Waals surface area contributed by atoms with Gasteiger partial charge in [-0.1, -0.05) is 0 Å². The third-order valence-electron chi connectivity index (χ3n) is 4.85. The highest BCUT2D eigenvalue weighted by Crippen LogP contribution is 2.47. The fourth-order valence-electron chi connectivity index (χ4n) is 3.77. The summed E-state index contributed by atoms with van der Waals surface area (Å²) < 4.78 is 6.08. The minimum Gasteiger partial charge on any atom is -0.481 e. The van der Waals surface area contributed by atoms with Crippen LogP contribution in [0.25, 0.3) is 5.70 Å². The Balaban J connectivity index is 2.39. The Labute approximate surface area is 151 Å². The second-order valence-electron chi connectivity index (χ2n) is 7.01. The predicted molar refractivity (Wildman–Crippen MR) is 94.2 cm³/mol. The summed E-state index contributed by atoms with van der Waals surface area (Å²) >= 11 is 0. The van der Waals surface area contributed by atoms with Crippen molar-refractivity contribution in [2.75, 3.05) is 13.6 Å². The van der Waals surface area contributed by atoms with Crippen LogP contribution in [0.15, 0.2) is 17.8 Å². The minimum absolute atomic E-state index is 0.0516. The number of carbonyl (C=O) groups is 2. The topological polar surface area (TPSA) is 93.0 Å². The van der Waals surface area contributed by atoms with Crippen molar-refractivity contribution >= 4 is 23.7 Å². The Kier molecular flexibility index (Phi) is 4.21. The number of ether oxygens (including phenoxy) is 1. The number of fused-ring (bicyclic) bond motifs is 1. The van der Waals surface area contributed by atoms with Crippen LogP contribution in [0, 0.1) is 17.0 Å². The van der Waals surface area contributed by atoms with Crippen LogP contribution in [0.2, 0.25) is 0 Å². The van der Waals surface area contributed by atoms with Gasteiger partial charge in [0.05, 0.1) is 21.9 Å². The summed E-state index contributed by atoms with van der Waals surface area (Å²) in [6, 6.07) is 2.96. The molecule has 0 spiro atoms. The fourth-order valence-corrected chi connectivity index (χ4v) is 3.77. The van der Waals surface area contributed by atoms with E-state index in [0.29, 0.717) is 54.1 Å². The summed E-state index contributed by atoms with van der Waals surface area (Å²) in [4.78, 5) is 38.0. The van der Waals surface area contributed by atoms with Crippen molar-refractivity contribution in [3.05, 3.63) is 39.1 Å². The quantitative estimate of drug-likeness (QED) is 0.468. The van der Waals surface area contributed by atoms with Gasteiger partial charge in [0, 0.05) is 31.6 Å².